The van der Waals surface area contributed by atoms with Crippen LogP contribution in [0.1, 0.15) is 52.8 Å². The number of aromatic nitrogens is 2. The zero-order chi connectivity index (χ0) is 15.5. The highest BCUT2D eigenvalue weighted by Gasteiger charge is 2.30. The fraction of sp³-hybridized carbons (Fsp3) is 0.588. The maximum Gasteiger partial charge on any atom is 0.147 e. The van der Waals surface area contributed by atoms with Crippen LogP contribution in [0, 0.1) is 0 Å². The monoisotopic (exact) mass is 308 g/mol. The molecular weight excluding hydrogens is 284 g/mol. The molecule has 0 spiro atoms. The Balaban J connectivity index is 2.75. The molecule has 21 heavy (non-hydrogen) atoms. The lowest BCUT2D eigenvalue weighted by molar-refractivity contribution is 0.252. The summed E-state index contributed by atoms with van der Waals surface area (Å²) in [5.41, 5.74) is 2.13. The van der Waals surface area contributed by atoms with Gasteiger partial charge in [0.25, 0.3) is 0 Å². The second-order valence-electron chi connectivity index (χ2n) is 5.34. The molecule has 1 heterocycles. The van der Waals surface area contributed by atoms with E-state index in [2.05, 4.69) is 31.4 Å². The van der Waals surface area contributed by atoms with E-state index in [0.29, 0.717) is 12.5 Å². The van der Waals surface area contributed by atoms with E-state index in [0.717, 1.165) is 41.9 Å². The summed E-state index contributed by atoms with van der Waals surface area (Å²) in [5.74, 6) is 2.20. The number of alkyl halides is 1. The lowest BCUT2D eigenvalue weighted by Gasteiger charge is -2.34. The van der Waals surface area contributed by atoms with Gasteiger partial charge in [-0.2, -0.15) is 0 Å². The fourth-order valence-corrected chi connectivity index (χ4v) is 3.42. The lowest BCUT2D eigenvalue weighted by Crippen LogP contribution is -2.32. The molecule has 1 aromatic carbocycles. The van der Waals surface area contributed by atoms with Crippen LogP contribution in [-0.2, 0) is 11.4 Å². The lowest BCUT2D eigenvalue weighted by atomic mass is 9.89. The molecule has 116 valence electrons. The Hall–Kier alpha value is -1.22. The number of fused-ring (bicyclic) bond motifs is 1. The molecule has 0 aliphatic carbocycles. The first kappa shape index (κ1) is 16.2. The summed E-state index contributed by atoms with van der Waals surface area (Å²) < 4.78 is 8.07. The molecule has 2 rings (SSSR count). The topological polar surface area (TPSA) is 27.1 Å². The molecule has 0 saturated carbocycles. The highest BCUT2D eigenvalue weighted by Crippen LogP contribution is 2.37. The largest absolute Gasteiger partial charge is 0.492 e. The molecule has 0 N–H and O–H groups in total. The highest BCUT2D eigenvalue weighted by atomic mass is 35.5. The zero-order valence-corrected chi connectivity index (χ0v) is 14.2. The van der Waals surface area contributed by atoms with Crippen LogP contribution >= 0.6 is 11.6 Å². The van der Waals surface area contributed by atoms with Gasteiger partial charge in [0.2, 0.25) is 0 Å². The first-order valence-electron chi connectivity index (χ1n) is 7.86. The smallest absolute Gasteiger partial charge is 0.147 e. The van der Waals surface area contributed by atoms with Crippen LogP contribution in [0.5, 0.6) is 5.75 Å². The number of nitrogens with zero attached hydrogens (tertiary/aromatic N) is 2. The zero-order valence-electron chi connectivity index (χ0n) is 13.4. The average Bonchev–Trinajstić information content (AvgIpc) is 2.91. The van der Waals surface area contributed by atoms with Crippen LogP contribution < -0.4 is 4.74 Å². The first-order valence-corrected chi connectivity index (χ1v) is 8.40. The van der Waals surface area contributed by atoms with Crippen molar-refractivity contribution < 1.29 is 4.74 Å². The van der Waals surface area contributed by atoms with Crippen LogP contribution in [0.25, 0.3) is 11.0 Å². The van der Waals surface area contributed by atoms with Crippen LogP contribution in [0.15, 0.2) is 18.2 Å². The van der Waals surface area contributed by atoms with E-state index < -0.39 is 0 Å². The molecule has 3 nitrogen and oxygen atoms in total. The third-order valence-electron chi connectivity index (χ3n) is 4.59. The van der Waals surface area contributed by atoms with Crippen molar-refractivity contribution >= 4 is 22.6 Å². The maximum atomic E-state index is 6.19. The number of ether oxygens (including phenoxy) is 1. The van der Waals surface area contributed by atoms with Crippen LogP contribution in [-0.4, -0.2) is 16.2 Å². The number of benzene rings is 1. The predicted molar refractivity (Wildman–Crippen MR) is 89.3 cm³/mol. The molecular formula is C17H25ClN2O. The molecule has 1 aromatic heterocycles. The Bertz CT molecular complexity index is 594. The van der Waals surface area contributed by atoms with Crippen LogP contribution in [0.3, 0.4) is 0 Å². The standard InChI is InChI=1S/C17H25ClN2O/c1-5-17(6-2,7-3)20-13-10-9-11-14(21-8-4)16(13)19-15(20)12-18/h9-11H,5-8,12H2,1-4H3. The highest BCUT2D eigenvalue weighted by molar-refractivity contribution is 6.16. The summed E-state index contributed by atoms with van der Waals surface area (Å²) in [7, 11) is 0. The van der Waals surface area contributed by atoms with Gasteiger partial charge in [-0.25, -0.2) is 4.98 Å². The number of hydrogen-bond acceptors (Lipinski definition) is 2. The summed E-state index contributed by atoms with van der Waals surface area (Å²) in [6, 6.07) is 6.14. The molecule has 0 aliphatic rings. The summed E-state index contributed by atoms with van der Waals surface area (Å²) >= 11 is 6.19. The Morgan fingerprint density at radius 1 is 1.14 bits per heavy atom. The Morgan fingerprint density at radius 3 is 2.33 bits per heavy atom. The third kappa shape index (κ3) is 2.64. The third-order valence-corrected chi connectivity index (χ3v) is 4.82. The normalized spacial score (nSPS) is 12.0. The van der Waals surface area contributed by atoms with Gasteiger partial charge in [-0.3, -0.25) is 0 Å². The van der Waals surface area contributed by atoms with Crippen molar-refractivity contribution in [2.75, 3.05) is 6.61 Å². The maximum absolute atomic E-state index is 6.19. The average molecular weight is 309 g/mol. The molecule has 0 saturated heterocycles. The SMILES string of the molecule is CCOc1cccc2c1nc(CCl)n2C(CC)(CC)CC. The van der Waals surface area contributed by atoms with Gasteiger partial charge in [0.15, 0.2) is 0 Å². The van der Waals surface area contributed by atoms with Gasteiger partial charge in [-0.1, -0.05) is 26.8 Å². The van der Waals surface area contributed by atoms with Crippen molar-refractivity contribution in [3.63, 3.8) is 0 Å². The summed E-state index contributed by atoms with van der Waals surface area (Å²) in [5, 5.41) is 0. The van der Waals surface area contributed by atoms with Crippen LogP contribution in [0.4, 0.5) is 0 Å². The Kier molecular flexibility index (Phi) is 5.15. The molecule has 0 atom stereocenters. The second-order valence-corrected chi connectivity index (χ2v) is 5.61. The molecule has 0 fully saturated rings. The molecule has 0 radical (unpaired) electrons. The fourth-order valence-electron chi connectivity index (χ4n) is 3.24. The van der Waals surface area contributed by atoms with Gasteiger partial charge in [0.1, 0.15) is 17.1 Å². The van der Waals surface area contributed by atoms with Crippen molar-refractivity contribution in [1.82, 2.24) is 9.55 Å². The van der Waals surface area contributed by atoms with Gasteiger partial charge < -0.3 is 9.30 Å². The van der Waals surface area contributed by atoms with E-state index in [1.807, 2.05) is 19.1 Å². The van der Waals surface area contributed by atoms with Gasteiger partial charge in [0, 0.05) is 5.54 Å². The second kappa shape index (κ2) is 6.69. The summed E-state index contributed by atoms with van der Waals surface area (Å²) in [4.78, 5) is 4.77. The van der Waals surface area contributed by atoms with Gasteiger partial charge in [-0.15, -0.1) is 11.6 Å². The van der Waals surface area contributed by atoms with E-state index in [-0.39, 0.29) is 5.54 Å². The minimum Gasteiger partial charge on any atom is -0.492 e. The van der Waals surface area contributed by atoms with E-state index >= 15 is 0 Å². The van der Waals surface area contributed by atoms with Crippen LogP contribution in [0.2, 0.25) is 0 Å². The van der Waals surface area contributed by atoms with Crippen molar-refractivity contribution in [3.8, 4) is 5.75 Å². The number of halogens is 1. The van der Waals surface area contributed by atoms with E-state index in [9.17, 15) is 0 Å². The van der Waals surface area contributed by atoms with Gasteiger partial charge in [0.05, 0.1) is 18.0 Å². The van der Waals surface area contributed by atoms with Crippen molar-refractivity contribution in [3.05, 3.63) is 24.0 Å². The quantitative estimate of drug-likeness (QED) is 0.665. The van der Waals surface area contributed by atoms with Crippen molar-refractivity contribution in [2.24, 2.45) is 0 Å². The van der Waals surface area contributed by atoms with Crippen molar-refractivity contribution in [2.45, 2.75) is 58.4 Å². The molecule has 0 aliphatic heterocycles. The first-order chi connectivity index (χ1) is 10.2. The molecule has 0 bridgehead atoms. The van der Waals surface area contributed by atoms with Crippen molar-refractivity contribution in [1.29, 1.82) is 0 Å². The molecule has 4 heteroatoms. The van der Waals surface area contributed by atoms with E-state index in [1.165, 1.54) is 0 Å². The minimum absolute atomic E-state index is 0.0732. The number of rotatable bonds is 7. The minimum atomic E-state index is 0.0732. The number of para-hydroxylation sites is 1. The molecule has 2 aromatic rings. The van der Waals surface area contributed by atoms with E-state index in [1.54, 1.807) is 0 Å². The van der Waals surface area contributed by atoms with Gasteiger partial charge >= 0.3 is 0 Å². The summed E-state index contributed by atoms with van der Waals surface area (Å²) in [6.07, 6.45) is 3.19. The molecule has 0 amide bonds. The Labute approximate surface area is 132 Å². The van der Waals surface area contributed by atoms with Gasteiger partial charge in [-0.05, 0) is 38.3 Å². The number of hydrogen-bond donors (Lipinski definition) is 0. The van der Waals surface area contributed by atoms with E-state index in [4.69, 9.17) is 21.3 Å². The molecule has 0 unspecified atom stereocenters. The summed E-state index contributed by atoms with van der Waals surface area (Å²) in [6.45, 7) is 9.35. The Morgan fingerprint density at radius 2 is 1.81 bits per heavy atom. The predicted octanol–water partition coefficient (Wildman–Crippen LogP) is 5.10. The number of imidazole rings is 1.